The highest BCUT2D eigenvalue weighted by Gasteiger charge is 2.43. The van der Waals surface area contributed by atoms with E-state index in [1.807, 2.05) is 24.3 Å². The highest BCUT2D eigenvalue weighted by atomic mass is 16.3. The number of phenols is 2. The highest BCUT2D eigenvalue weighted by Crippen LogP contribution is 2.47. The van der Waals surface area contributed by atoms with Gasteiger partial charge in [-0.1, -0.05) is 30.7 Å². The Kier molecular flexibility index (Phi) is 4.43. The molecule has 0 spiro atoms. The van der Waals surface area contributed by atoms with Crippen LogP contribution in [0.1, 0.15) is 43.2 Å². The molecule has 0 radical (unpaired) electrons. The number of phenolic OH excluding ortho intramolecular Hbond substituents is 2. The van der Waals surface area contributed by atoms with Crippen molar-refractivity contribution in [1.29, 1.82) is 0 Å². The third kappa shape index (κ3) is 3.38. The van der Waals surface area contributed by atoms with Crippen LogP contribution in [0.5, 0.6) is 11.5 Å². The van der Waals surface area contributed by atoms with Crippen LogP contribution >= 0.6 is 0 Å². The Morgan fingerprint density at radius 3 is 2.60 bits per heavy atom. The third-order valence-corrected chi connectivity index (χ3v) is 6.27. The number of rotatable bonds is 4. The minimum Gasteiger partial charge on any atom is -0.508 e. The summed E-state index contributed by atoms with van der Waals surface area (Å²) in [6.07, 6.45) is 7.16. The van der Waals surface area contributed by atoms with Crippen molar-refractivity contribution in [2.24, 2.45) is 0 Å². The zero-order valence-corrected chi connectivity index (χ0v) is 14.7. The van der Waals surface area contributed by atoms with Gasteiger partial charge in [0.2, 0.25) is 0 Å². The molecular weight excluding hydrogens is 310 g/mol. The molecule has 2 N–H and O–H groups in total. The second-order valence-electron chi connectivity index (χ2n) is 7.79. The molecule has 25 heavy (non-hydrogen) atoms. The van der Waals surface area contributed by atoms with Gasteiger partial charge in [0.15, 0.2) is 0 Å². The van der Waals surface area contributed by atoms with Gasteiger partial charge in [-0.3, -0.25) is 4.90 Å². The van der Waals surface area contributed by atoms with Gasteiger partial charge in [-0.2, -0.15) is 0 Å². The fourth-order valence-electron chi connectivity index (χ4n) is 4.93. The van der Waals surface area contributed by atoms with E-state index in [1.54, 1.807) is 12.1 Å². The number of piperidine rings is 1. The normalized spacial score (nSPS) is 26.5. The van der Waals surface area contributed by atoms with Crippen LogP contribution in [0.15, 0.2) is 48.5 Å². The van der Waals surface area contributed by atoms with Crippen molar-refractivity contribution in [2.45, 2.75) is 50.0 Å². The van der Waals surface area contributed by atoms with E-state index in [4.69, 9.17) is 0 Å². The largest absolute Gasteiger partial charge is 0.508 e. The zero-order valence-electron chi connectivity index (χ0n) is 14.7. The first-order chi connectivity index (χ1) is 12.1. The second kappa shape index (κ2) is 6.72. The predicted octanol–water partition coefficient (Wildman–Crippen LogP) is 4.23. The van der Waals surface area contributed by atoms with Crippen LogP contribution in [-0.2, 0) is 11.8 Å². The maximum atomic E-state index is 9.89. The number of likely N-dealkylation sites (tertiary alicyclic amines) is 1. The van der Waals surface area contributed by atoms with Crippen molar-refractivity contribution in [2.75, 3.05) is 13.1 Å². The highest BCUT2D eigenvalue weighted by molar-refractivity contribution is 5.34. The van der Waals surface area contributed by atoms with Gasteiger partial charge < -0.3 is 10.2 Å². The number of fused-ring (bicyclic) bond motifs is 2. The lowest BCUT2D eigenvalue weighted by Gasteiger charge is -2.51. The Balaban J connectivity index is 1.45. The number of hydrogen-bond donors (Lipinski definition) is 2. The molecular formula is C22H27NO2. The van der Waals surface area contributed by atoms with Crippen molar-refractivity contribution in [3.05, 3.63) is 59.7 Å². The van der Waals surface area contributed by atoms with E-state index in [0.29, 0.717) is 17.5 Å². The summed E-state index contributed by atoms with van der Waals surface area (Å²) in [6.45, 7) is 2.18. The quantitative estimate of drug-likeness (QED) is 0.877. The first-order valence-corrected chi connectivity index (χ1v) is 9.46. The van der Waals surface area contributed by atoms with Crippen LogP contribution in [0, 0.1) is 0 Å². The molecule has 132 valence electrons. The zero-order chi connectivity index (χ0) is 17.3. The van der Waals surface area contributed by atoms with E-state index in [2.05, 4.69) is 17.0 Å². The molecule has 3 heteroatoms. The lowest BCUT2D eigenvalue weighted by Crippen LogP contribution is -2.52. The molecule has 0 amide bonds. The van der Waals surface area contributed by atoms with E-state index in [-0.39, 0.29) is 5.41 Å². The Labute approximate surface area is 149 Å². The number of benzene rings is 2. The minimum absolute atomic E-state index is 0.253. The summed E-state index contributed by atoms with van der Waals surface area (Å²) in [5.41, 5.74) is 2.79. The molecule has 1 saturated heterocycles. The molecule has 1 aliphatic heterocycles. The summed E-state index contributed by atoms with van der Waals surface area (Å²) in [5.74, 6) is 0.747. The van der Waals surface area contributed by atoms with Crippen molar-refractivity contribution in [1.82, 2.24) is 4.90 Å². The summed E-state index contributed by atoms with van der Waals surface area (Å²) >= 11 is 0. The van der Waals surface area contributed by atoms with Gasteiger partial charge >= 0.3 is 0 Å². The molecule has 1 heterocycles. The van der Waals surface area contributed by atoms with Crippen LogP contribution in [0.4, 0.5) is 0 Å². The van der Waals surface area contributed by atoms with Crippen LogP contribution < -0.4 is 0 Å². The molecule has 2 aliphatic rings. The van der Waals surface area contributed by atoms with Crippen LogP contribution in [0.25, 0.3) is 0 Å². The van der Waals surface area contributed by atoms with E-state index < -0.39 is 0 Å². The van der Waals surface area contributed by atoms with Gasteiger partial charge in [0.05, 0.1) is 0 Å². The van der Waals surface area contributed by atoms with Gasteiger partial charge in [-0.15, -0.1) is 0 Å². The number of hydrogen-bond acceptors (Lipinski definition) is 3. The fraction of sp³-hybridized carbons (Fsp3) is 0.455. The number of nitrogens with zero attached hydrogens (tertiary/aromatic N) is 1. The standard InChI is InChI=1S/C22H27NO2/c24-20-7-1-4-17(14-20)9-12-23-13-11-22(10-3-6-19(23)16-22)18-5-2-8-21(25)15-18/h1-2,4-5,7-8,14-15,19,24-25H,3,6,9-13,16H2/t19-,22+/m0/s1. The van der Waals surface area contributed by atoms with E-state index >= 15 is 0 Å². The summed E-state index contributed by atoms with van der Waals surface area (Å²) in [5, 5.41) is 19.5. The first-order valence-electron chi connectivity index (χ1n) is 9.46. The van der Waals surface area contributed by atoms with E-state index in [0.717, 1.165) is 19.5 Å². The van der Waals surface area contributed by atoms with Crippen LogP contribution in [-0.4, -0.2) is 34.2 Å². The van der Waals surface area contributed by atoms with Gasteiger partial charge in [0, 0.05) is 12.6 Å². The van der Waals surface area contributed by atoms with Crippen LogP contribution in [0.3, 0.4) is 0 Å². The van der Waals surface area contributed by atoms with Gasteiger partial charge in [0.1, 0.15) is 11.5 Å². The van der Waals surface area contributed by atoms with Crippen molar-refractivity contribution < 1.29 is 10.2 Å². The van der Waals surface area contributed by atoms with Gasteiger partial charge in [0.25, 0.3) is 0 Å². The summed E-state index contributed by atoms with van der Waals surface area (Å²) in [6, 6.07) is 16.2. The molecule has 2 fully saturated rings. The Morgan fingerprint density at radius 2 is 1.80 bits per heavy atom. The maximum Gasteiger partial charge on any atom is 0.115 e. The second-order valence-corrected chi connectivity index (χ2v) is 7.79. The molecule has 1 aliphatic carbocycles. The molecule has 1 saturated carbocycles. The Hall–Kier alpha value is -2.00. The average molecular weight is 337 g/mol. The average Bonchev–Trinajstić information content (AvgIpc) is 2.61. The third-order valence-electron chi connectivity index (χ3n) is 6.27. The van der Waals surface area contributed by atoms with Gasteiger partial charge in [-0.05, 0) is 79.5 Å². The van der Waals surface area contributed by atoms with Crippen LogP contribution in [0.2, 0.25) is 0 Å². The first kappa shape index (κ1) is 16.5. The minimum atomic E-state index is 0.253. The molecule has 0 unspecified atom stereocenters. The molecule has 4 rings (SSSR count). The van der Waals surface area contributed by atoms with E-state index in [1.165, 1.54) is 43.2 Å². The molecule has 2 atom stereocenters. The lowest BCUT2D eigenvalue weighted by atomic mass is 9.63. The predicted molar refractivity (Wildman–Crippen MR) is 100 cm³/mol. The van der Waals surface area contributed by atoms with Crippen molar-refractivity contribution in [3.8, 4) is 11.5 Å². The molecule has 2 aromatic rings. The Morgan fingerprint density at radius 1 is 1.00 bits per heavy atom. The summed E-state index contributed by atoms with van der Waals surface area (Å²) in [7, 11) is 0. The number of aromatic hydroxyl groups is 2. The monoisotopic (exact) mass is 337 g/mol. The van der Waals surface area contributed by atoms with E-state index in [9.17, 15) is 10.2 Å². The summed E-state index contributed by atoms with van der Waals surface area (Å²) in [4.78, 5) is 2.64. The smallest absolute Gasteiger partial charge is 0.115 e. The molecule has 2 aromatic carbocycles. The molecule has 0 aromatic heterocycles. The fourth-order valence-corrected chi connectivity index (χ4v) is 4.93. The van der Waals surface area contributed by atoms with Crippen molar-refractivity contribution in [3.63, 3.8) is 0 Å². The maximum absolute atomic E-state index is 9.89. The van der Waals surface area contributed by atoms with Crippen molar-refractivity contribution >= 4 is 0 Å². The van der Waals surface area contributed by atoms with Gasteiger partial charge in [-0.25, -0.2) is 0 Å². The Bertz CT molecular complexity index is 744. The summed E-state index contributed by atoms with van der Waals surface area (Å²) < 4.78 is 0. The molecule has 3 nitrogen and oxygen atoms in total. The lowest BCUT2D eigenvalue weighted by molar-refractivity contribution is 0.0524. The topological polar surface area (TPSA) is 43.7 Å². The SMILES string of the molecule is Oc1cccc(CCN2CC[C@]3(c4cccc(O)c4)CCC[C@H]2C3)c1. The molecule has 2 bridgehead atoms.